The first kappa shape index (κ1) is 21.7. The maximum absolute atomic E-state index is 11.5. The van der Waals surface area contributed by atoms with Crippen molar-refractivity contribution in [3.8, 4) is 11.1 Å². The summed E-state index contributed by atoms with van der Waals surface area (Å²) < 4.78 is 2.01. The highest BCUT2D eigenvalue weighted by molar-refractivity contribution is 5.93. The largest absolute Gasteiger partial charge is 0.476 e. The molecule has 158 valence electrons. The molecule has 1 aromatic carbocycles. The molecule has 6 nitrogen and oxygen atoms in total. The minimum Gasteiger partial charge on any atom is -0.476 e. The number of benzene rings is 1. The van der Waals surface area contributed by atoms with E-state index in [1.807, 2.05) is 28.9 Å². The van der Waals surface area contributed by atoms with Crippen LogP contribution in [0.2, 0.25) is 0 Å². The Morgan fingerprint density at radius 2 is 1.83 bits per heavy atom. The molecule has 0 amide bonds. The first-order valence-corrected chi connectivity index (χ1v) is 10.5. The molecule has 0 unspecified atom stereocenters. The summed E-state index contributed by atoms with van der Waals surface area (Å²) in [7, 11) is 0. The third kappa shape index (κ3) is 5.12. The number of carboxylic acid groups (broad SMARTS) is 1. The second-order valence-corrected chi connectivity index (χ2v) is 8.62. The Labute approximate surface area is 178 Å². The van der Waals surface area contributed by atoms with Crippen LogP contribution < -0.4 is 0 Å². The van der Waals surface area contributed by atoms with Crippen molar-refractivity contribution in [2.24, 2.45) is 0 Å². The van der Waals surface area contributed by atoms with Crippen LogP contribution >= 0.6 is 0 Å². The molecule has 0 bridgehead atoms. The number of unbranched alkanes of at least 4 members (excludes halogenated alkanes) is 2. The fourth-order valence-corrected chi connectivity index (χ4v) is 3.31. The van der Waals surface area contributed by atoms with Crippen LogP contribution in [0.15, 0.2) is 42.6 Å². The Hall–Kier alpha value is -3.02. The molecule has 0 fully saturated rings. The van der Waals surface area contributed by atoms with E-state index in [9.17, 15) is 9.90 Å². The Morgan fingerprint density at radius 3 is 2.47 bits per heavy atom. The molecule has 3 aromatic rings. The summed E-state index contributed by atoms with van der Waals surface area (Å²) in [6, 6.07) is 11.4. The molecule has 0 saturated heterocycles. The smallest absolute Gasteiger partial charge is 0.355 e. The van der Waals surface area contributed by atoms with E-state index in [4.69, 9.17) is 10.1 Å². The van der Waals surface area contributed by atoms with Gasteiger partial charge in [0.1, 0.15) is 5.82 Å². The molecule has 0 aliphatic heterocycles. The molecule has 2 aromatic heterocycles. The molecular formula is C24H30N4O2. The zero-order valence-electron chi connectivity index (χ0n) is 18.2. The summed E-state index contributed by atoms with van der Waals surface area (Å²) >= 11 is 0. The highest BCUT2D eigenvalue weighted by Crippen LogP contribution is 2.24. The highest BCUT2D eigenvalue weighted by atomic mass is 16.4. The molecule has 0 aliphatic rings. The molecule has 0 aliphatic carbocycles. The van der Waals surface area contributed by atoms with E-state index in [0.29, 0.717) is 12.1 Å². The predicted molar refractivity (Wildman–Crippen MR) is 118 cm³/mol. The van der Waals surface area contributed by atoms with Crippen LogP contribution in [0.3, 0.4) is 0 Å². The van der Waals surface area contributed by atoms with Crippen molar-refractivity contribution in [2.45, 2.75) is 65.3 Å². The van der Waals surface area contributed by atoms with Gasteiger partial charge in [-0.1, -0.05) is 70.9 Å². The van der Waals surface area contributed by atoms with E-state index < -0.39 is 5.97 Å². The Bertz CT molecular complexity index is 1000. The van der Waals surface area contributed by atoms with E-state index in [1.54, 1.807) is 12.1 Å². The maximum Gasteiger partial charge on any atom is 0.355 e. The molecule has 6 heteroatoms. The maximum atomic E-state index is 11.5. The van der Waals surface area contributed by atoms with E-state index in [2.05, 4.69) is 32.7 Å². The average molecular weight is 407 g/mol. The lowest BCUT2D eigenvalue weighted by Gasteiger charge is -2.12. The van der Waals surface area contributed by atoms with Gasteiger partial charge in [0.2, 0.25) is 0 Å². The first-order chi connectivity index (χ1) is 14.3. The van der Waals surface area contributed by atoms with E-state index in [-0.39, 0.29) is 11.1 Å². The lowest BCUT2D eigenvalue weighted by atomic mass is 9.96. The fraction of sp³-hybridized carbons (Fsp3) is 0.417. The normalized spacial score (nSPS) is 11.6. The van der Waals surface area contributed by atoms with E-state index in [0.717, 1.165) is 35.6 Å². The topological polar surface area (TPSA) is 80.9 Å². The van der Waals surface area contributed by atoms with Crippen molar-refractivity contribution in [1.82, 2.24) is 19.7 Å². The van der Waals surface area contributed by atoms with E-state index in [1.165, 1.54) is 19.0 Å². The zero-order valence-corrected chi connectivity index (χ0v) is 18.2. The second kappa shape index (κ2) is 9.20. The van der Waals surface area contributed by atoms with Crippen molar-refractivity contribution in [3.63, 3.8) is 0 Å². The van der Waals surface area contributed by atoms with Crippen molar-refractivity contribution in [2.75, 3.05) is 0 Å². The van der Waals surface area contributed by atoms with Crippen molar-refractivity contribution in [1.29, 1.82) is 0 Å². The van der Waals surface area contributed by atoms with Gasteiger partial charge in [0.05, 0.1) is 6.54 Å². The molecule has 30 heavy (non-hydrogen) atoms. The lowest BCUT2D eigenvalue weighted by molar-refractivity contribution is 0.0691. The number of hydrogen-bond donors (Lipinski definition) is 1. The standard InChI is InChI=1S/C24H30N4O2/c1-5-6-7-10-20-26-23(24(2,3)4)27-28(20)16-17-11-13-18(14-12-17)19-9-8-15-25-21(19)22(29)30/h8-9,11-15H,5-7,10,16H2,1-4H3,(H,29,30). The SMILES string of the molecule is CCCCCc1nc(C(C)(C)C)nn1Cc1ccc(-c2cccnc2C(=O)O)cc1. The Kier molecular flexibility index (Phi) is 6.65. The van der Waals surface area contributed by atoms with Crippen LogP contribution in [0.25, 0.3) is 11.1 Å². The zero-order chi connectivity index (χ0) is 21.7. The fourth-order valence-electron chi connectivity index (χ4n) is 3.31. The number of hydrogen-bond acceptors (Lipinski definition) is 4. The number of carbonyl (C=O) groups is 1. The van der Waals surface area contributed by atoms with Crippen molar-refractivity contribution in [3.05, 3.63) is 65.5 Å². The summed E-state index contributed by atoms with van der Waals surface area (Å²) in [6.45, 7) is 9.23. The number of aromatic nitrogens is 4. The lowest BCUT2D eigenvalue weighted by Crippen LogP contribution is -2.14. The average Bonchev–Trinajstić information content (AvgIpc) is 3.12. The van der Waals surface area contributed by atoms with Gasteiger partial charge in [-0.3, -0.25) is 0 Å². The molecule has 0 spiro atoms. The molecular weight excluding hydrogens is 376 g/mol. The summed E-state index contributed by atoms with van der Waals surface area (Å²) in [5.41, 5.74) is 2.52. The molecule has 2 heterocycles. The van der Waals surface area contributed by atoms with Gasteiger partial charge in [0.15, 0.2) is 11.5 Å². The van der Waals surface area contributed by atoms with Crippen LogP contribution in [0, 0.1) is 0 Å². The monoisotopic (exact) mass is 406 g/mol. The van der Waals surface area contributed by atoms with Crippen molar-refractivity contribution < 1.29 is 9.90 Å². The number of nitrogens with zero attached hydrogens (tertiary/aromatic N) is 4. The molecule has 0 saturated carbocycles. The number of carboxylic acids is 1. The van der Waals surface area contributed by atoms with Gasteiger partial charge in [0, 0.05) is 23.6 Å². The van der Waals surface area contributed by atoms with Gasteiger partial charge in [-0.25, -0.2) is 19.4 Å². The van der Waals surface area contributed by atoms with Gasteiger partial charge < -0.3 is 5.11 Å². The van der Waals surface area contributed by atoms with Gasteiger partial charge >= 0.3 is 5.97 Å². The first-order valence-electron chi connectivity index (χ1n) is 10.5. The molecule has 3 rings (SSSR count). The quantitative estimate of drug-likeness (QED) is 0.525. The summed E-state index contributed by atoms with van der Waals surface area (Å²) in [5.74, 6) is 0.869. The number of pyridine rings is 1. The predicted octanol–water partition coefficient (Wildman–Crippen LogP) is 5.12. The highest BCUT2D eigenvalue weighted by Gasteiger charge is 2.22. The van der Waals surface area contributed by atoms with Gasteiger partial charge in [-0.05, 0) is 23.6 Å². The molecule has 1 N–H and O–H groups in total. The van der Waals surface area contributed by atoms with Crippen LogP contribution in [-0.4, -0.2) is 30.8 Å². The molecule has 0 atom stereocenters. The van der Waals surface area contributed by atoms with E-state index >= 15 is 0 Å². The third-order valence-corrected chi connectivity index (χ3v) is 5.03. The number of rotatable bonds is 8. The number of aryl methyl sites for hydroxylation is 1. The van der Waals surface area contributed by atoms with Gasteiger partial charge in [-0.15, -0.1) is 0 Å². The van der Waals surface area contributed by atoms with Crippen LogP contribution in [0.4, 0.5) is 0 Å². The Morgan fingerprint density at radius 1 is 1.10 bits per heavy atom. The summed E-state index contributed by atoms with van der Waals surface area (Å²) in [5, 5.41) is 14.2. The summed E-state index contributed by atoms with van der Waals surface area (Å²) in [6.07, 6.45) is 5.89. The summed E-state index contributed by atoms with van der Waals surface area (Å²) in [4.78, 5) is 20.3. The third-order valence-electron chi connectivity index (χ3n) is 5.03. The Balaban J connectivity index is 1.85. The van der Waals surface area contributed by atoms with Gasteiger partial charge in [0.25, 0.3) is 0 Å². The second-order valence-electron chi connectivity index (χ2n) is 8.62. The van der Waals surface area contributed by atoms with Crippen LogP contribution in [0.1, 0.15) is 74.7 Å². The minimum atomic E-state index is -1.02. The van der Waals surface area contributed by atoms with Crippen molar-refractivity contribution >= 4 is 5.97 Å². The molecule has 0 radical (unpaired) electrons. The van der Waals surface area contributed by atoms with Crippen LogP contribution in [0.5, 0.6) is 0 Å². The number of aromatic carboxylic acids is 1. The van der Waals surface area contributed by atoms with Crippen LogP contribution in [-0.2, 0) is 18.4 Å². The van der Waals surface area contributed by atoms with Gasteiger partial charge in [-0.2, -0.15) is 5.10 Å². The minimum absolute atomic E-state index is 0.0644.